The normalized spacial score (nSPS) is 16.1. The van der Waals surface area contributed by atoms with Gasteiger partial charge in [0.05, 0.1) is 5.52 Å². The van der Waals surface area contributed by atoms with E-state index in [2.05, 4.69) is 45.2 Å². The Morgan fingerprint density at radius 2 is 2.00 bits per heavy atom. The number of hydrogen-bond acceptors (Lipinski definition) is 1. The first kappa shape index (κ1) is 8.42. The van der Waals surface area contributed by atoms with E-state index >= 15 is 0 Å². The molecule has 1 aliphatic carbocycles. The van der Waals surface area contributed by atoms with E-state index in [1.54, 1.807) is 0 Å². The lowest BCUT2D eigenvalue weighted by Gasteiger charge is -2.02. The van der Waals surface area contributed by atoms with Crippen LogP contribution in [0.5, 0.6) is 0 Å². The van der Waals surface area contributed by atoms with Crippen LogP contribution in [0.3, 0.4) is 0 Å². The van der Waals surface area contributed by atoms with Crippen molar-refractivity contribution >= 4 is 26.8 Å². The molecule has 1 aliphatic rings. The van der Waals surface area contributed by atoms with Crippen LogP contribution in [0.1, 0.15) is 24.5 Å². The smallest absolute Gasteiger partial charge is 0.0716 e. The molecular weight excluding hydrogens is 238 g/mol. The first-order valence-corrected chi connectivity index (χ1v) is 5.69. The maximum absolute atomic E-state index is 4.67. The van der Waals surface area contributed by atoms with Crippen LogP contribution in [-0.2, 0) is 0 Å². The second-order valence-corrected chi connectivity index (χ2v) is 4.67. The van der Waals surface area contributed by atoms with E-state index in [1.807, 2.05) is 6.07 Å². The van der Waals surface area contributed by atoms with Gasteiger partial charge >= 0.3 is 0 Å². The Labute approximate surface area is 91.3 Å². The van der Waals surface area contributed by atoms with E-state index in [-0.39, 0.29) is 0 Å². The van der Waals surface area contributed by atoms with Crippen molar-refractivity contribution in [1.82, 2.24) is 4.98 Å². The minimum absolute atomic E-state index is 0.735. The van der Waals surface area contributed by atoms with Crippen molar-refractivity contribution in [2.75, 3.05) is 0 Å². The molecule has 70 valence electrons. The summed E-state index contributed by atoms with van der Waals surface area (Å²) < 4.78 is 1.13. The number of aromatic nitrogens is 1. The molecule has 0 aliphatic heterocycles. The fourth-order valence-electron chi connectivity index (χ4n) is 1.74. The second kappa shape index (κ2) is 3.06. The lowest BCUT2D eigenvalue weighted by molar-refractivity contribution is 1.04. The topological polar surface area (TPSA) is 12.9 Å². The molecule has 0 bridgehead atoms. The predicted octanol–water partition coefficient (Wildman–Crippen LogP) is 3.87. The second-order valence-electron chi connectivity index (χ2n) is 3.82. The van der Waals surface area contributed by atoms with Gasteiger partial charge < -0.3 is 0 Å². The molecule has 2 heteroatoms. The molecule has 1 aromatic heterocycles. The SMILES string of the molecule is Brc1cccc2nc(C3CC3)ccc12. The third-order valence-corrected chi connectivity index (χ3v) is 3.39. The highest BCUT2D eigenvalue weighted by Crippen LogP contribution is 2.39. The van der Waals surface area contributed by atoms with Crippen molar-refractivity contribution in [1.29, 1.82) is 0 Å². The zero-order valence-corrected chi connectivity index (χ0v) is 9.29. The van der Waals surface area contributed by atoms with Crippen molar-refractivity contribution in [2.45, 2.75) is 18.8 Å². The van der Waals surface area contributed by atoms with Gasteiger partial charge in [-0.3, -0.25) is 4.98 Å². The Bertz CT molecular complexity index is 489. The van der Waals surface area contributed by atoms with Gasteiger partial charge in [-0.2, -0.15) is 0 Å². The Hall–Kier alpha value is -0.890. The molecule has 0 saturated heterocycles. The Morgan fingerprint density at radius 3 is 2.79 bits per heavy atom. The van der Waals surface area contributed by atoms with Crippen molar-refractivity contribution in [3.63, 3.8) is 0 Å². The minimum atomic E-state index is 0.735. The number of rotatable bonds is 1. The maximum atomic E-state index is 4.67. The number of pyridine rings is 1. The number of benzene rings is 1. The summed E-state index contributed by atoms with van der Waals surface area (Å²) in [7, 11) is 0. The largest absolute Gasteiger partial charge is 0.253 e. The molecule has 0 atom stereocenters. The molecule has 0 N–H and O–H groups in total. The van der Waals surface area contributed by atoms with Gasteiger partial charge in [-0.15, -0.1) is 0 Å². The molecule has 1 aromatic carbocycles. The Balaban J connectivity index is 2.23. The molecule has 0 radical (unpaired) electrons. The van der Waals surface area contributed by atoms with Gasteiger partial charge in [0.15, 0.2) is 0 Å². The molecular formula is C12H10BrN. The van der Waals surface area contributed by atoms with Crippen LogP contribution in [0.4, 0.5) is 0 Å². The first-order valence-electron chi connectivity index (χ1n) is 4.90. The molecule has 14 heavy (non-hydrogen) atoms. The summed E-state index contributed by atoms with van der Waals surface area (Å²) in [5.41, 5.74) is 2.36. The van der Waals surface area contributed by atoms with Crippen molar-refractivity contribution in [2.24, 2.45) is 0 Å². The van der Waals surface area contributed by atoms with Gasteiger partial charge in [-0.05, 0) is 37.1 Å². The van der Waals surface area contributed by atoms with Crippen LogP contribution in [0.15, 0.2) is 34.8 Å². The zero-order chi connectivity index (χ0) is 9.54. The number of halogens is 1. The van der Waals surface area contributed by atoms with E-state index in [0.29, 0.717) is 0 Å². The molecule has 0 spiro atoms. The monoisotopic (exact) mass is 247 g/mol. The first-order chi connectivity index (χ1) is 6.84. The van der Waals surface area contributed by atoms with Crippen LogP contribution in [0.25, 0.3) is 10.9 Å². The van der Waals surface area contributed by atoms with E-state index in [0.717, 1.165) is 15.9 Å². The summed E-state index contributed by atoms with van der Waals surface area (Å²) in [5.74, 6) is 0.735. The average Bonchev–Trinajstić information content (AvgIpc) is 3.01. The molecule has 2 aromatic rings. The molecule has 1 saturated carbocycles. The molecule has 3 rings (SSSR count). The molecule has 0 amide bonds. The lowest BCUT2D eigenvalue weighted by Crippen LogP contribution is -1.87. The van der Waals surface area contributed by atoms with Crippen LogP contribution in [0, 0.1) is 0 Å². The van der Waals surface area contributed by atoms with Gasteiger partial charge in [0.1, 0.15) is 0 Å². The van der Waals surface area contributed by atoms with E-state index in [1.165, 1.54) is 23.9 Å². The number of fused-ring (bicyclic) bond motifs is 1. The van der Waals surface area contributed by atoms with Crippen molar-refractivity contribution in [3.8, 4) is 0 Å². The van der Waals surface area contributed by atoms with Gasteiger partial charge in [0.2, 0.25) is 0 Å². The third-order valence-electron chi connectivity index (χ3n) is 2.70. The molecule has 1 nitrogen and oxygen atoms in total. The van der Waals surface area contributed by atoms with Gasteiger partial charge in [-0.1, -0.05) is 22.0 Å². The minimum Gasteiger partial charge on any atom is -0.253 e. The molecule has 1 heterocycles. The maximum Gasteiger partial charge on any atom is 0.0716 e. The van der Waals surface area contributed by atoms with Crippen LogP contribution in [-0.4, -0.2) is 4.98 Å². The summed E-state index contributed by atoms with van der Waals surface area (Å²) in [6, 6.07) is 10.5. The van der Waals surface area contributed by atoms with Crippen molar-refractivity contribution < 1.29 is 0 Å². The predicted molar refractivity (Wildman–Crippen MR) is 61.4 cm³/mol. The van der Waals surface area contributed by atoms with E-state index < -0.39 is 0 Å². The van der Waals surface area contributed by atoms with Gasteiger partial charge in [0, 0.05) is 21.5 Å². The average molecular weight is 248 g/mol. The van der Waals surface area contributed by atoms with E-state index in [9.17, 15) is 0 Å². The summed E-state index contributed by atoms with van der Waals surface area (Å²) in [6.07, 6.45) is 2.62. The third kappa shape index (κ3) is 1.34. The summed E-state index contributed by atoms with van der Waals surface area (Å²) in [5, 5.41) is 1.21. The fourth-order valence-corrected chi connectivity index (χ4v) is 2.23. The van der Waals surface area contributed by atoms with Crippen molar-refractivity contribution in [3.05, 3.63) is 40.5 Å². The highest BCUT2D eigenvalue weighted by molar-refractivity contribution is 9.10. The highest BCUT2D eigenvalue weighted by atomic mass is 79.9. The van der Waals surface area contributed by atoms with Gasteiger partial charge in [0.25, 0.3) is 0 Å². The van der Waals surface area contributed by atoms with E-state index in [4.69, 9.17) is 0 Å². The molecule has 1 fully saturated rings. The Morgan fingerprint density at radius 1 is 1.14 bits per heavy atom. The van der Waals surface area contributed by atoms with Crippen LogP contribution >= 0.6 is 15.9 Å². The Kier molecular flexibility index (Phi) is 1.84. The van der Waals surface area contributed by atoms with Crippen LogP contribution < -0.4 is 0 Å². The number of hydrogen-bond donors (Lipinski definition) is 0. The summed E-state index contributed by atoms with van der Waals surface area (Å²) >= 11 is 3.53. The fraction of sp³-hybridized carbons (Fsp3) is 0.250. The summed E-state index contributed by atoms with van der Waals surface area (Å²) in [4.78, 5) is 4.67. The van der Waals surface area contributed by atoms with Crippen LogP contribution in [0.2, 0.25) is 0 Å². The summed E-state index contributed by atoms with van der Waals surface area (Å²) in [6.45, 7) is 0. The quantitative estimate of drug-likeness (QED) is 0.746. The van der Waals surface area contributed by atoms with Gasteiger partial charge in [-0.25, -0.2) is 0 Å². The molecule has 0 unspecified atom stereocenters. The standard InChI is InChI=1S/C12H10BrN/c13-10-2-1-3-12-9(10)6-7-11(14-12)8-4-5-8/h1-3,6-8H,4-5H2. The lowest BCUT2D eigenvalue weighted by atomic mass is 10.2. The zero-order valence-electron chi connectivity index (χ0n) is 7.70. The number of nitrogens with zero attached hydrogens (tertiary/aromatic N) is 1. The highest BCUT2D eigenvalue weighted by Gasteiger charge is 2.24.